The van der Waals surface area contributed by atoms with Crippen molar-refractivity contribution in [3.8, 4) is 0 Å². The highest BCUT2D eigenvalue weighted by Crippen LogP contribution is 2.21. The molecule has 21 heavy (non-hydrogen) atoms. The van der Waals surface area contributed by atoms with E-state index in [1.165, 1.54) is 11.3 Å². The molecule has 3 N–H and O–H groups in total. The third-order valence-electron chi connectivity index (χ3n) is 3.91. The number of nitrogens with zero attached hydrogens (tertiary/aromatic N) is 2. The van der Waals surface area contributed by atoms with Gasteiger partial charge in [-0.05, 0) is 25.2 Å². The van der Waals surface area contributed by atoms with Gasteiger partial charge in [-0.2, -0.15) is 0 Å². The summed E-state index contributed by atoms with van der Waals surface area (Å²) in [5.41, 5.74) is 6.86. The van der Waals surface area contributed by atoms with Crippen LogP contribution in [0.5, 0.6) is 0 Å². The molecule has 1 aliphatic heterocycles. The standard InChI is InChI=1S/C14H22ClN3O2S/c15-8-11-9-21-13(17-11)7-12(16)14(20)18-4-1-10(2-5-18)3-6-19/h9-10,12,19H,1-8,16H2/t12-/m0/s1. The number of halogens is 1. The second-order valence-corrected chi connectivity index (χ2v) is 6.67. The van der Waals surface area contributed by atoms with E-state index in [4.69, 9.17) is 22.4 Å². The van der Waals surface area contributed by atoms with Crippen LogP contribution in [0.4, 0.5) is 0 Å². The van der Waals surface area contributed by atoms with Gasteiger partial charge in [-0.25, -0.2) is 4.98 Å². The van der Waals surface area contributed by atoms with Gasteiger partial charge in [0.05, 0.1) is 22.6 Å². The molecule has 7 heteroatoms. The lowest BCUT2D eigenvalue weighted by molar-refractivity contribution is -0.134. The molecule has 0 unspecified atom stereocenters. The summed E-state index contributed by atoms with van der Waals surface area (Å²) in [4.78, 5) is 18.5. The number of thiazole rings is 1. The zero-order valence-electron chi connectivity index (χ0n) is 12.0. The highest BCUT2D eigenvalue weighted by Gasteiger charge is 2.26. The lowest BCUT2D eigenvalue weighted by Gasteiger charge is -2.33. The summed E-state index contributed by atoms with van der Waals surface area (Å²) in [6.45, 7) is 1.70. The number of alkyl halides is 1. The molecule has 1 aromatic rings. The fourth-order valence-electron chi connectivity index (χ4n) is 2.64. The Morgan fingerprint density at radius 1 is 1.57 bits per heavy atom. The molecule has 0 radical (unpaired) electrons. The molecular weight excluding hydrogens is 310 g/mol. The molecule has 118 valence electrons. The Balaban J connectivity index is 1.82. The maximum atomic E-state index is 12.3. The Hall–Kier alpha value is -0.690. The molecule has 5 nitrogen and oxygen atoms in total. The van der Waals surface area contributed by atoms with Crippen LogP contribution in [0.1, 0.15) is 30.0 Å². The van der Waals surface area contributed by atoms with Crippen LogP contribution in [-0.4, -0.2) is 46.6 Å². The molecule has 1 fully saturated rings. The minimum absolute atomic E-state index is 0.0000666. The van der Waals surface area contributed by atoms with E-state index in [2.05, 4.69) is 4.98 Å². The second-order valence-electron chi connectivity index (χ2n) is 5.46. The first-order valence-corrected chi connectivity index (χ1v) is 8.70. The Kier molecular flexibility index (Phi) is 6.41. The number of amides is 1. The molecule has 2 rings (SSSR count). The van der Waals surface area contributed by atoms with Crippen molar-refractivity contribution >= 4 is 28.8 Å². The van der Waals surface area contributed by atoms with E-state index in [0.717, 1.165) is 43.1 Å². The molecule has 1 aliphatic rings. The third kappa shape index (κ3) is 4.64. The van der Waals surface area contributed by atoms with Crippen molar-refractivity contribution in [3.05, 3.63) is 16.1 Å². The highest BCUT2D eigenvalue weighted by atomic mass is 35.5. The van der Waals surface area contributed by atoms with Gasteiger partial charge in [0.2, 0.25) is 5.91 Å². The molecule has 1 aromatic heterocycles. The lowest BCUT2D eigenvalue weighted by atomic mass is 9.93. The second kappa shape index (κ2) is 8.08. The molecular formula is C14H22ClN3O2S. The molecule has 1 saturated heterocycles. The van der Waals surface area contributed by atoms with Crippen molar-refractivity contribution in [2.45, 2.75) is 37.6 Å². The highest BCUT2D eigenvalue weighted by molar-refractivity contribution is 7.09. The van der Waals surface area contributed by atoms with Gasteiger partial charge in [0.25, 0.3) is 0 Å². The van der Waals surface area contributed by atoms with Crippen molar-refractivity contribution in [3.63, 3.8) is 0 Å². The predicted molar refractivity (Wildman–Crippen MR) is 84.4 cm³/mol. The van der Waals surface area contributed by atoms with Gasteiger partial charge in [0.1, 0.15) is 0 Å². The topological polar surface area (TPSA) is 79.5 Å². The van der Waals surface area contributed by atoms with Crippen molar-refractivity contribution in [1.82, 2.24) is 9.88 Å². The van der Waals surface area contributed by atoms with E-state index in [1.54, 1.807) is 0 Å². The maximum absolute atomic E-state index is 12.3. The van der Waals surface area contributed by atoms with Gasteiger partial charge in [0.15, 0.2) is 0 Å². The number of hydrogen-bond acceptors (Lipinski definition) is 5. The van der Waals surface area contributed by atoms with Crippen LogP contribution >= 0.6 is 22.9 Å². The summed E-state index contributed by atoms with van der Waals surface area (Å²) in [5.74, 6) is 0.915. The van der Waals surface area contributed by atoms with Crippen molar-refractivity contribution in [2.75, 3.05) is 19.7 Å². The van der Waals surface area contributed by atoms with Gasteiger partial charge in [0, 0.05) is 31.5 Å². The normalized spacial score (nSPS) is 18.0. The summed E-state index contributed by atoms with van der Waals surface area (Å²) < 4.78 is 0. The smallest absolute Gasteiger partial charge is 0.239 e. The van der Waals surface area contributed by atoms with Crippen LogP contribution in [-0.2, 0) is 17.1 Å². The summed E-state index contributed by atoms with van der Waals surface area (Å²) in [5, 5.41) is 11.7. The summed E-state index contributed by atoms with van der Waals surface area (Å²) >= 11 is 7.22. The van der Waals surface area contributed by atoms with Gasteiger partial charge in [-0.15, -0.1) is 22.9 Å². The number of nitrogens with two attached hydrogens (primary N) is 1. The molecule has 1 amide bonds. The predicted octanol–water partition coefficient (Wildman–Crippen LogP) is 1.37. The third-order valence-corrected chi connectivity index (χ3v) is 5.11. The number of carbonyl (C=O) groups excluding carboxylic acids is 1. The van der Waals surface area contributed by atoms with E-state index in [9.17, 15) is 4.79 Å². The van der Waals surface area contributed by atoms with Gasteiger partial charge >= 0.3 is 0 Å². The average Bonchev–Trinajstić information content (AvgIpc) is 2.95. The summed E-state index contributed by atoms with van der Waals surface area (Å²) in [6.07, 6.45) is 3.20. The number of likely N-dealkylation sites (tertiary alicyclic amines) is 1. The number of aliphatic hydroxyl groups is 1. The zero-order chi connectivity index (χ0) is 15.2. The number of aromatic nitrogens is 1. The molecule has 0 bridgehead atoms. The van der Waals surface area contributed by atoms with E-state index >= 15 is 0 Å². The molecule has 0 aromatic carbocycles. The van der Waals surface area contributed by atoms with Crippen LogP contribution in [0.15, 0.2) is 5.38 Å². The first-order valence-electron chi connectivity index (χ1n) is 7.28. The first-order chi connectivity index (χ1) is 10.1. The van der Waals surface area contributed by atoms with Crippen LogP contribution in [0.2, 0.25) is 0 Å². The van der Waals surface area contributed by atoms with Crippen LogP contribution in [0.25, 0.3) is 0 Å². The lowest BCUT2D eigenvalue weighted by Crippen LogP contribution is -2.48. The van der Waals surface area contributed by atoms with E-state index in [-0.39, 0.29) is 12.5 Å². The maximum Gasteiger partial charge on any atom is 0.239 e. The zero-order valence-corrected chi connectivity index (χ0v) is 13.6. The van der Waals surface area contributed by atoms with Gasteiger partial charge in [-0.1, -0.05) is 0 Å². The van der Waals surface area contributed by atoms with Crippen LogP contribution in [0.3, 0.4) is 0 Å². The summed E-state index contributed by atoms with van der Waals surface area (Å²) in [7, 11) is 0. The average molecular weight is 332 g/mol. The van der Waals surface area contributed by atoms with Gasteiger partial charge in [-0.3, -0.25) is 4.79 Å². The fourth-order valence-corrected chi connectivity index (χ4v) is 3.72. The number of aliphatic hydroxyl groups excluding tert-OH is 1. The molecule has 0 saturated carbocycles. The minimum atomic E-state index is -0.534. The number of rotatable bonds is 6. The fraction of sp³-hybridized carbons (Fsp3) is 0.714. The molecule has 0 aliphatic carbocycles. The van der Waals surface area contributed by atoms with E-state index in [1.807, 2.05) is 10.3 Å². The Bertz CT molecular complexity index is 461. The largest absolute Gasteiger partial charge is 0.396 e. The Morgan fingerprint density at radius 2 is 2.29 bits per heavy atom. The quantitative estimate of drug-likeness (QED) is 0.772. The number of piperidine rings is 1. The van der Waals surface area contributed by atoms with E-state index < -0.39 is 6.04 Å². The molecule has 0 spiro atoms. The van der Waals surface area contributed by atoms with Crippen LogP contribution in [0, 0.1) is 5.92 Å². The number of hydrogen-bond donors (Lipinski definition) is 2. The van der Waals surface area contributed by atoms with Gasteiger partial charge < -0.3 is 15.7 Å². The minimum Gasteiger partial charge on any atom is -0.396 e. The van der Waals surface area contributed by atoms with E-state index in [0.29, 0.717) is 18.2 Å². The molecule has 1 atom stereocenters. The summed E-state index contributed by atoms with van der Waals surface area (Å²) in [6, 6.07) is -0.534. The monoisotopic (exact) mass is 331 g/mol. The first kappa shape index (κ1) is 16.7. The Labute approximate surface area is 134 Å². The van der Waals surface area contributed by atoms with Crippen molar-refractivity contribution in [2.24, 2.45) is 11.7 Å². The van der Waals surface area contributed by atoms with Crippen molar-refractivity contribution in [1.29, 1.82) is 0 Å². The molecule has 2 heterocycles. The van der Waals surface area contributed by atoms with Crippen LogP contribution < -0.4 is 5.73 Å². The Morgan fingerprint density at radius 3 is 2.86 bits per heavy atom. The number of carbonyl (C=O) groups is 1. The van der Waals surface area contributed by atoms with Crippen molar-refractivity contribution < 1.29 is 9.90 Å². The SMILES string of the molecule is N[C@@H](Cc1nc(CCl)cs1)C(=O)N1CCC(CCO)CC1.